The van der Waals surface area contributed by atoms with E-state index < -0.39 is 0 Å². The maximum absolute atomic E-state index is 11.0. The van der Waals surface area contributed by atoms with Crippen molar-refractivity contribution in [1.82, 2.24) is 9.55 Å². The van der Waals surface area contributed by atoms with E-state index in [0.29, 0.717) is 11.6 Å². The third kappa shape index (κ3) is 3.17. The van der Waals surface area contributed by atoms with Gasteiger partial charge in [0, 0.05) is 17.7 Å². The molecule has 0 radical (unpaired) electrons. The van der Waals surface area contributed by atoms with Crippen molar-refractivity contribution >= 4 is 17.2 Å². The summed E-state index contributed by atoms with van der Waals surface area (Å²) in [6.45, 7) is 3.91. The lowest BCUT2D eigenvalue weighted by molar-refractivity contribution is -0.577. The topological polar surface area (TPSA) is 63.5 Å². The van der Waals surface area contributed by atoms with Gasteiger partial charge in [-0.1, -0.05) is 18.2 Å². The molecule has 158 valence electrons. The highest BCUT2D eigenvalue weighted by molar-refractivity contribution is 6.17. The van der Waals surface area contributed by atoms with E-state index in [-0.39, 0.29) is 5.88 Å². The number of aromatic nitrogens is 3. The lowest BCUT2D eigenvalue weighted by Crippen LogP contribution is -2.34. The molecule has 0 aliphatic carbocycles. The van der Waals surface area contributed by atoms with E-state index in [1.165, 1.54) is 0 Å². The number of aromatic hydroxyl groups is 1. The highest BCUT2D eigenvalue weighted by Gasteiger charge is 2.35. The van der Waals surface area contributed by atoms with Crippen LogP contribution < -0.4 is 9.30 Å². The molecular formula is C26H23N4O2+. The monoisotopic (exact) mass is 423 g/mol. The third-order valence-corrected chi connectivity index (χ3v) is 5.65. The number of rotatable bonds is 4. The second kappa shape index (κ2) is 7.81. The fourth-order valence-electron chi connectivity index (χ4n) is 4.14. The van der Waals surface area contributed by atoms with E-state index in [1.54, 1.807) is 11.7 Å². The molecule has 4 aromatic rings. The first-order chi connectivity index (χ1) is 15.6. The Balaban J connectivity index is 1.66. The van der Waals surface area contributed by atoms with Crippen LogP contribution in [-0.2, 0) is 0 Å². The molecule has 0 bridgehead atoms. The maximum Gasteiger partial charge on any atom is 0.243 e. The Morgan fingerprint density at radius 2 is 1.66 bits per heavy atom. The van der Waals surface area contributed by atoms with Gasteiger partial charge in [0.2, 0.25) is 23.1 Å². The number of aryl methyl sites for hydroxylation is 1. The minimum atomic E-state index is 0.0226. The minimum absolute atomic E-state index is 0.0226. The van der Waals surface area contributed by atoms with Crippen LogP contribution in [0.2, 0.25) is 0 Å². The van der Waals surface area contributed by atoms with Crippen LogP contribution in [0.3, 0.4) is 0 Å². The van der Waals surface area contributed by atoms with Crippen LogP contribution >= 0.6 is 0 Å². The quantitative estimate of drug-likeness (QED) is 0.488. The number of nitrogens with zero attached hydrogens (tertiary/aromatic N) is 4. The van der Waals surface area contributed by atoms with Crippen molar-refractivity contribution in [2.75, 3.05) is 7.11 Å². The molecule has 2 aromatic heterocycles. The van der Waals surface area contributed by atoms with Gasteiger partial charge in [0.15, 0.2) is 6.20 Å². The highest BCUT2D eigenvalue weighted by Crippen LogP contribution is 2.33. The first-order valence-electron chi connectivity index (χ1n) is 10.4. The number of imidazole rings is 1. The Kier molecular flexibility index (Phi) is 4.82. The molecule has 5 rings (SSSR count). The fourth-order valence-corrected chi connectivity index (χ4v) is 4.14. The van der Waals surface area contributed by atoms with Gasteiger partial charge in [-0.05, 0) is 56.3 Å². The molecule has 0 fully saturated rings. The molecular weight excluding hydrogens is 400 g/mol. The summed E-state index contributed by atoms with van der Waals surface area (Å²) in [7, 11) is 1.66. The summed E-state index contributed by atoms with van der Waals surface area (Å²) in [5.41, 5.74) is 5.68. The number of para-hydroxylation sites is 1. The number of fused-ring (bicyclic) bond motifs is 1. The first kappa shape index (κ1) is 19.8. The van der Waals surface area contributed by atoms with Gasteiger partial charge in [-0.2, -0.15) is 4.57 Å². The van der Waals surface area contributed by atoms with Gasteiger partial charge < -0.3 is 9.84 Å². The van der Waals surface area contributed by atoms with E-state index in [4.69, 9.17) is 9.73 Å². The van der Waals surface area contributed by atoms with E-state index >= 15 is 0 Å². The van der Waals surface area contributed by atoms with Gasteiger partial charge in [-0.3, -0.25) is 4.57 Å². The van der Waals surface area contributed by atoms with Crippen molar-refractivity contribution in [3.63, 3.8) is 0 Å². The van der Waals surface area contributed by atoms with Crippen molar-refractivity contribution < 1.29 is 14.4 Å². The number of aliphatic imine (C=N–C) groups is 1. The molecule has 0 saturated heterocycles. The zero-order valence-corrected chi connectivity index (χ0v) is 18.1. The van der Waals surface area contributed by atoms with E-state index in [2.05, 4.69) is 9.55 Å². The van der Waals surface area contributed by atoms with Gasteiger partial charge in [0.1, 0.15) is 17.3 Å². The summed E-state index contributed by atoms with van der Waals surface area (Å²) in [5, 5.41) is 11.0. The van der Waals surface area contributed by atoms with Gasteiger partial charge in [-0.25, -0.2) is 9.98 Å². The Bertz CT molecular complexity index is 1370. The van der Waals surface area contributed by atoms with E-state index in [9.17, 15) is 5.11 Å². The van der Waals surface area contributed by atoms with Crippen molar-refractivity contribution in [3.05, 3.63) is 102 Å². The summed E-state index contributed by atoms with van der Waals surface area (Å²) in [6.07, 6.45) is 2.02. The molecule has 6 heteroatoms. The summed E-state index contributed by atoms with van der Waals surface area (Å²) >= 11 is 0. The van der Waals surface area contributed by atoms with Crippen molar-refractivity contribution in [2.24, 2.45) is 4.99 Å². The SMILES string of the molecule is COc1ccc(C2=C(C)/C(=N\c3nc(C)n(-c4ccccc4)c3O)c3cccc[n+]32)cc1. The normalized spacial score (nSPS) is 14.2. The number of ether oxygens (including phenoxy) is 1. The van der Waals surface area contributed by atoms with Crippen LogP contribution in [-0.4, -0.2) is 27.5 Å². The smallest absolute Gasteiger partial charge is 0.243 e. The van der Waals surface area contributed by atoms with Crippen LogP contribution in [0.25, 0.3) is 11.4 Å². The average molecular weight is 423 g/mol. The van der Waals surface area contributed by atoms with Gasteiger partial charge >= 0.3 is 0 Å². The lowest BCUT2D eigenvalue weighted by atomic mass is 10.1. The highest BCUT2D eigenvalue weighted by atomic mass is 16.5. The third-order valence-electron chi connectivity index (χ3n) is 5.65. The van der Waals surface area contributed by atoms with Gasteiger partial charge in [0.25, 0.3) is 0 Å². The Morgan fingerprint density at radius 3 is 2.38 bits per heavy atom. The van der Waals surface area contributed by atoms with Crippen molar-refractivity contribution in [1.29, 1.82) is 0 Å². The average Bonchev–Trinajstić information content (AvgIpc) is 3.27. The number of pyridine rings is 1. The second-order valence-corrected chi connectivity index (χ2v) is 7.60. The predicted molar refractivity (Wildman–Crippen MR) is 124 cm³/mol. The molecule has 0 saturated carbocycles. The molecule has 0 unspecified atom stereocenters. The second-order valence-electron chi connectivity index (χ2n) is 7.60. The Labute approximate surface area is 186 Å². The van der Waals surface area contributed by atoms with E-state index in [1.807, 2.05) is 92.8 Å². The molecule has 1 aliphatic heterocycles. The predicted octanol–water partition coefficient (Wildman–Crippen LogP) is 4.60. The van der Waals surface area contributed by atoms with Crippen LogP contribution in [0.4, 0.5) is 5.82 Å². The van der Waals surface area contributed by atoms with Crippen LogP contribution in [0.1, 0.15) is 24.0 Å². The minimum Gasteiger partial charge on any atom is -0.497 e. The number of benzene rings is 2. The standard InChI is InChI=1S/C26H22N4O2/c1-17-23(28-25-26(31)30(18(2)27-25)20-9-5-4-6-10-20)22-11-7-8-16-29(22)24(17)19-12-14-21(32-3)15-13-19/h4-16H,1-3H3/p+1. The first-order valence-corrected chi connectivity index (χ1v) is 10.4. The van der Waals surface area contributed by atoms with Crippen LogP contribution in [0, 0.1) is 6.92 Å². The Morgan fingerprint density at radius 1 is 0.938 bits per heavy atom. The summed E-state index contributed by atoms with van der Waals surface area (Å²) in [5.74, 6) is 1.80. The molecule has 0 amide bonds. The molecule has 1 aliphatic rings. The number of hydrogen-bond acceptors (Lipinski definition) is 4. The zero-order valence-electron chi connectivity index (χ0n) is 18.1. The van der Waals surface area contributed by atoms with Crippen molar-refractivity contribution in [2.45, 2.75) is 13.8 Å². The summed E-state index contributed by atoms with van der Waals surface area (Å²) in [6, 6.07) is 23.6. The largest absolute Gasteiger partial charge is 0.497 e. The molecule has 2 aromatic carbocycles. The zero-order chi connectivity index (χ0) is 22.2. The maximum atomic E-state index is 11.0. The number of methoxy groups -OCH3 is 1. The number of allylic oxidation sites excluding steroid dienone is 1. The molecule has 0 spiro atoms. The van der Waals surface area contributed by atoms with Crippen molar-refractivity contribution in [3.8, 4) is 17.3 Å². The van der Waals surface area contributed by atoms with E-state index in [0.717, 1.165) is 39.7 Å². The molecule has 1 N–H and O–H groups in total. The number of hydrogen-bond donors (Lipinski definition) is 1. The lowest BCUT2D eigenvalue weighted by Gasteiger charge is -2.05. The molecule has 3 heterocycles. The van der Waals surface area contributed by atoms with Gasteiger partial charge in [0.05, 0.1) is 18.4 Å². The van der Waals surface area contributed by atoms with Crippen LogP contribution in [0.5, 0.6) is 11.6 Å². The summed E-state index contributed by atoms with van der Waals surface area (Å²) < 4.78 is 9.13. The molecule has 32 heavy (non-hydrogen) atoms. The van der Waals surface area contributed by atoms with Gasteiger partial charge in [-0.15, -0.1) is 0 Å². The van der Waals surface area contributed by atoms with Crippen LogP contribution in [0.15, 0.2) is 89.6 Å². The fraction of sp³-hybridized carbons (Fsp3) is 0.115. The summed E-state index contributed by atoms with van der Waals surface area (Å²) in [4.78, 5) is 9.38. The molecule has 0 atom stereocenters. The Hall–Kier alpha value is -4.19. The molecule has 6 nitrogen and oxygen atoms in total.